The number of nitrogens with two attached hydrogens (primary N) is 1. The number of esters is 1. The van der Waals surface area contributed by atoms with Crippen LogP contribution in [0, 0.1) is 13.8 Å². The number of carbonyl (C=O) groups excluding carboxylic acids is 1. The summed E-state index contributed by atoms with van der Waals surface area (Å²) in [6.07, 6.45) is 0.228. The summed E-state index contributed by atoms with van der Waals surface area (Å²) in [7, 11) is 1.35. The molecule has 0 amide bonds. The molecule has 0 spiro atoms. The fourth-order valence-electron chi connectivity index (χ4n) is 1.60. The Morgan fingerprint density at radius 1 is 1.33 bits per heavy atom. The molecule has 0 fully saturated rings. The molecule has 0 saturated heterocycles. The Labute approximate surface area is 107 Å². The maximum atomic E-state index is 10.9. The van der Waals surface area contributed by atoms with Gasteiger partial charge in [-0.1, -0.05) is 6.07 Å². The fourth-order valence-corrected chi connectivity index (χ4v) is 1.60. The summed E-state index contributed by atoms with van der Waals surface area (Å²) in [4.78, 5) is 14.9. The summed E-state index contributed by atoms with van der Waals surface area (Å²) in [6.45, 7) is 4.35. The van der Waals surface area contributed by atoms with Crippen molar-refractivity contribution in [1.29, 1.82) is 0 Å². The van der Waals surface area contributed by atoms with E-state index < -0.39 is 0 Å². The van der Waals surface area contributed by atoms with Gasteiger partial charge in [-0.15, -0.1) is 0 Å². The molecule has 0 aliphatic heterocycles. The Kier molecular flexibility index (Phi) is 5.17. The Morgan fingerprint density at radius 3 is 2.50 bits per heavy atom. The first kappa shape index (κ1) is 14.0. The van der Waals surface area contributed by atoms with Gasteiger partial charge in [-0.3, -0.25) is 9.79 Å². The number of aliphatic imine (C=N–C) groups is 1. The van der Waals surface area contributed by atoms with Gasteiger partial charge in [0, 0.05) is 5.69 Å². The van der Waals surface area contributed by atoms with Crippen molar-refractivity contribution in [2.45, 2.75) is 20.3 Å². The van der Waals surface area contributed by atoms with Crippen molar-refractivity contribution in [3.05, 3.63) is 29.3 Å². The van der Waals surface area contributed by atoms with Gasteiger partial charge in [-0.2, -0.15) is 0 Å². The van der Waals surface area contributed by atoms with E-state index in [-0.39, 0.29) is 12.4 Å². The number of nitrogens with zero attached hydrogens (tertiary/aromatic N) is 1. The van der Waals surface area contributed by atoms with E-state index in [1.54, 1.807) is 0 Å². The van der Waals surface area contributed by atoms with Crippen LogP contribution < -0.4 is 11.1 Å². The van der Waals surface area contributed by atoms with Crippen molar-refractivity contribution < 1.29 is 9.53 Å². The molecule has 1 rings (SSSR count). The Hall–Kier alpha value is -2.04. The normalized spacial score (nSPS) is 11.2. The van der Waals surface area contributed by atoms with E-state index in [4.69, 9.17) is 5.73 Å². The van der Waals surface area contributed by atoms with Crippen molar-refractivity contribution in [1.82, 2.24) is 0 Å². The highest BCUT2D eigenvalue weighted by molar-refractivity contribution is 5.92. The van der Waals surface area contributed by atoms with Gasteiger partial charge in [0.05, 0.1) is 20.1 Å². The molecule has 0 aliphatic rings. The molecule has 0 saturated carbocycles. The molecule has 5 nitrogen and oxygen atoms in total. The van der Waals surface area contributed by atoms with E-state index in [1.165, 1.54) is 7.11 Å². The van der Waals surface area contributed by atoms with Gasteiger partial charge in [0.1, 0.15) is 0 Å². The highest BCUT2D eigenvalue weighted by Crippen LogP contribution is 2.13. The minimum atomic E-state index is -0.294. The first-order chi connectivity index (χ1) is 8.51. The Balaban J connectivity index is 2.55. The van der Waals surface area contributed by atoms with E-state index >= 15 is 0 Å². The number of rotatable bonds is 4. The zero-order valence-electron chi connectivity index (χ0n) is 11.0. The molecule has 5 heteroatoms. The third kappa shape index (κ3) is 4.86. The monoisotopic (exact) mass is 249 g/mol. The summed E-state index contributed by atoms with van der Waals surface area (Å²) in [5, 5.41) is 2.99. The minimum absolute atomic E-state index is 0.228. The van der Waals surface area contributed by atoms with Gasteiger partial charge >= 0.3 is 5.97 Å². The van der Waals surface area contributed by atoms with Gasteiger partial charge in [-0.05, 0) is 37.1 Å². The molecule has 3 N–H and O–H groups in total. The number of methoxy groups -OCH3 is 1. The number of ether oxygens (including phenoxy) is 1. The van der Waals surface area contributed by atoms with E-state index in [1.807, 2.05) is 26.0 Å². The molecule has 0 unspecified atom stereocenters. The second kappa shape index (κ2) is 6.64. The molecular weight excluding hydrogens is 230 g/mol. The van der Waals surface area contributed by atoms with E-state index in [9.17, 15) is 4.79 Å². The van der Waals surface area contributed by atoms with Crippen molar-refractivity contribution >= 4 is 17.6 Å². The highest BCUT2D eigenvalue weighted by Gasteiger charge is 2.00. The van der Waals surface area contributed by atoms with Gasteiger partial charge < -0.3 is 15.8 Å². The molecule has 18 heavy (non-hydrogen) atoms. The maximum Gasteiger partial charge on any atom is 0.307 e. The Bertz CT molecular complexity index is 435. The van der Waals surface area contributed by atoms with E-state index in [0.717, 1.165) is 16.8 Å². The van der Waals surface area contributed by atoms with Crippen LogP contribution in [-0.4, -0.2) is 25.6 Å². The second-order valence-electron chi connectivity index (χ2n) is 4.09. The largest absolute Gasteiger partial charge is 0.469 e. The van der Waals surface area contributed by atoms with E-state index in [2.05, 4.69) is 21.1 Å². The molecule has 0 aliphatic carbocycles. The molecule has 0 atom stereocenters. The van der Waals surface area contributed by atoms with Crippen LogP contribution in [0.3, 0.4) is 0 Å². The summed E-state index contributed by atoms with van der Waals surface area (Å²) >= 11 is 0. The number of anilines is 1. The quantitative estimate of drug-likeness (QED) is 0.482. The number of aryl methyl sites for hydroxylation is 2. The lowest BCUT2D eigenvalue weighted by molar-refractivity contribution is -0.140. The van der Waals surface area contributed by atoms with Crippen molar-refractivity contribution in [3.63, 3.8) is 0 Å². The zero-order chi connectivity index (χ0) is 13.5. The molecular formula is C13H19N3O2. The molecule has 98 valence electrons. The number of hydrogen-bond acceptors (Lipinski definition) is 3. The van der Waals surface area contributed by atoms with Crippen molar-refractivity contribution in [3.8, 4) is 0 Å². The van der Waals surface area contributed by atoms with Gasteiger partial charge in [0.2, 0.25) is 0 Å². The topological polar surface area (TPSA) is 76.7 Å². The highest BCUT2D eigenvalue weighted by atomic mass is 16.5. The molecule has 0 bridgehead atoms. The first-order valence-electron chi connectivity index (χ1n) is 5.73. The van der Waals surface area contributed by atoms with Gasteiger partial charge in [0.25, 0.3) is 0 Å². The molecule has 1 aromatic rings. The number of benzene rings is 1. The van der Waals surface area contributed by atoms with Gasteiger partial charge in [0.15, 0.2) is 5.96 Å². The maximum absolute atomic E-state index is 10.9. The van der Waals surface area contributed by atoms with Crippen LogP contribution in [0.2, 0.25) is 0 Å². The van der Waals surface area contributed by atoms with Gasteiger partial charge in [-0.25, -0.2) is 0 Å². The SMILES string of the molecule is COC(=O)CCN=C(N)Nc1cc(C)cc(C)c1. The van der Waals surface area contributed by atoms with Crippen LogP contribution in [0.5, 0.6) is 0 Å². The lowest BCUT2D eigenvalue weighted by Gasteiger charge is -2.07. The molecule has 0 radical (unpaired) electrons. The standard InChI is InChI=1S/C13H19N3O2/c1-9-6-10(2)8-11(7-9)16-13(14)15-5-4-12(17)18-3/h6-8H,4-5H2,1-3H3,(H3,14,15,16). The number of hydrogen-bond donors (Lipinski definition) is 2. The zero-order valence-corrected chi connectivity index (χ0v) is 11.0. The lowest BCUT2D eigenvalue weighted by atomic mass is 10.1. The van der Waals surface area contributed by atoms with Crippen LogP contribution >= 0.6 is 0 Å². The number of guanidine groups is 1. The van der Waals surface area contributed by atoms with Crippen LogP contribution in [0.4, 0.5) is 5.69 Å². The van der Waals surface area contributed by atoms with Crippen LogP contribution in [0.25, 0.3) is 0 Å². The molecule has 0 aromatic heterocycles. The number of nitrogens with one attached hydrogen (secondary N) is 1. The van der Waals surface area contributed by atoms with Crippen LogP contribution in [-0.2, 0) is 9.53 Å². The summed E-state index contributed by atoms with van der Waals surface area (Å²) in [6, 6.07) is 6.04. The first-order valence-corrected chi connectivity index (χ1v) is 5.73. The van der Waals surface area contributed by atoms with Crippen molar-refractivity contribution in [2.24, 2.45) is 10.7 Å². The minimum Gasteiger partial charge on any atom is -0.469 e. The molecule has 0 heterocycles. The predicted molar refractivity (Wildman–Crippen MR) is 72.7 cm³/mol. The third-order valence-electron chi connectivity index (χ3n) is 2.32. The summed E-state index contributed by atoms with van der Waals surface area (Å²) in [5.74, 6) is 0.00172. The van der Waals surface area contributed by atoms with E-state index in [0.29, 0.717) is 12.5 Å². The molecule has 1 aromatic carbocycles. The average molecular weight is 249 g/mol. The number of carbonyl (C=O) groups is 1. The van der Waals surface area contributed by atoms with Crippen LogP contribution in [0.1, 0.15) is 17.5 Å². The second-order valence-corrected chi connectivity index (χ2v) is 4.09. The average Bonchev–Trinajstić information content (AvgIpc) is 2.27. The van der Waals surface area contributed by atoms with Crippen LogP contribution in [0.15, 0.2) is 23.2 Å². The Morgan fingerprint density at radius 2 is 1.94 bits per heavy atom. The van der Waals surface area contributed by atoms with Crippen molar-refractivity contribution in [2.75, 3.05) is 19.0 Å². The summed E-state index contributed by atoms with van der Waals surface area (Å²) in [5.41, 5.74) is 8.92. The lowest BCUT2D eigenvalue weighted by Crippen LogP contribution is -2.23. The third-order valence-corrected chi connectivity index (χ3v) is 2.32. The summed E-state index contributed by atoms with van der Waals surface area (Å²) < 4.78 is 4.51. The fraction of sp³-hybridized carbons (Fsp3) is 0.385. The predicted octanol–water partition coefficient (Wildman–Crippen LogP) is 1.59. The smallest absolute Gasteiger partial charge is 0.307 e.